The van der Waals surface area contributed by atoms with Crippen molar-refractivity contribution in [3.8, 4) is 5.75 Å². The van der Waals surface area contributed by atoms with Gasteiger partial charge in [-0.25, -0.2) is 0 Å². The Bertz CT molecular complexity index is 1020. The number of para-hydroxylation sites is 1. The van der Waals surface area contributed by atoms with E-state index in [0.29, 0.717) is 0 Å². The van der Waals surface area contributed by atoms with Crippen molar-refractivity contribution in [1.29, 1.82) is 0 Å². The molecule has 185 valence electrons. The first-order valence-corrected chi connectivity index (χ1v) is 18.2. The van der Waals surface area contributed by atoms with Gasteiger partial charge < -0.3 is 0 Å². The fourth-order valence-electron chi connectivity index (χ4n) is 5.58. The first-order chi connectivity index (χ1) is 15.3. The molecule has 1 fully saturated rings. The van der Waals surface area contributed by atoms with Crippen molar-refractivity contribution in [2.24, 2.45) is 5.41 Å². The van der Waals surface area contributed by atoms with Gasteiger partial charge in [-0.1, -0.05) is 0 Å². The Labute approximate surface area is 212 Å². The van der Waals surface area contributed by atoms with Gasteiger partial charge in [-0.3, -0.25) is 0 Å². The molecule has 3 rings (SSSR count). The summed E-state index contributed by atoms with van der Waals surface area (Å²) in [5.74, 6) is 0.843. The summed E-state index contributed by atoms with van der Waals surface area (Å²) in [6.45, 7) is 17.9. The predicted octanol–water partition coefficient (Wildman–Crippen LogP) is 8.38. The number of ether oxygens (including phenoxy) is 1. The Morgan fingerprint density at radius 1 is 1.00 bits per heavy atom. The standard InChI is InChI=1S/C18H28N.C10H12O.2ClH.Ru/c1-7-13-10-9-11-14(8-2)15(13)16-17(3,4)12-18(5,6)19-16;1-8(2)11-10-7-5-4-6-9(10)3;;;/h9-11,16H,7-8,12H2,1-6H3;3-8H,1-2H3;2*1H;/q-1;;;;+3/p-2. The number of benzene rings is 2. The van der Waals surface area contributed by atoms with E-state index in [1.165, 1.54) is 16.7 Å². The number of rotatable bonds is 7. The Hall–Kier alpha value is -0.727. The maximum absolute atomic E-state index is 7.48. The molecule has 1 saturated heterocycles. The van der Waals surface area contributed by atoms with E-state index in [0.717, 1.165) is 30.6 Å². The summed E-state index contributed by atoms with van der Waals surface area (Å²) >= 11 is -3.48. The summed E-state index contributed by atoms with van der Waals surface area (Å²) in [5, 5.41) is 0. The van der Waals surface area contributed by atoms with E-state index in [2.05, 4.69) is 74.1 Å². The maximum atomic E-state index is 7.48. The van der Waals surface area contributed by atoms with Crippen LogP contribution in [-0.2, 0) is 25.4 Å². The van der Waals surface area contributed by atoms with Gasteiger partial charge in [0.25, 0.3) is 0 Å². The number of hydrogen-bond acceptors (Lipinski definition) is 2. The Morgan fingerprint density at radius 3 is 2.12 bits per heavy atom. The van der Waals surface area contributed by atoms with Crippen LogP contribution in [0.3, 0.4) is 0 Å². The van der Waals surface area contributed by atoms with E-state index in [4.69, 9.17) is 24.1 Å². The second kappa shape index (κ2) is 10.1. The van der Waals surface area contributed by atoms with E-state index < -0.39 is 12.6 Å². The summed E-state index contributed by atoms with van der Waals surface area (Å²) in [4.78, 5) is 0. The molecule has 2 aromatic rings. The first kappa shape index (κ1) is 26.9. The molecule has 0 N–H and O–H groups in total. The molecule has 0 saturated carbocycles. The quantitative estimate of drug-likeness (QED) is 0.306. The van der Waals surface area contributed by atoms with Crippen molar-refractivity contribution in [2.45, 2.75) is 92.3 Å². The minimum absolute atomic E-state index is 0.0380. The molecule has 0 radical (unpaired) electrons. The fourth-order valence-corrected chi connectivity index (χ4v) is 13.6. The molecule has 1 aliphatic heterocycles. The molecule has 1 aliphatic rings. The van der Waals surface area contributed by atoms with E-state index in [1.54, 1.807) is 0 Å². The van der Waals surface area contributed by atoms with Crippen molar-refractivity contribution < 1.29 is 17.3 Å². The van der Waals surface area contributed by atoms with Gasteiger partial charge in [-0.2, -0.15) is 0 Å². The Morgan fingerprint density at radius 2 is 1.58 bits per heavy atom. The van der Waals surface area contributed by atoms with E-state index >= 15 is 0 Å². The molecule has 1 unspecified atom stereocenters. The molecule has 0 aliphatic carbocycles. The van der Waals surface area contributed by atoms with Crippen LogP contribution in [0.25, 0.3) is 0 Å². The third-order valence-corrected chi connectivity index (χ3v) is 12.7. The van der Waals surface area contributed by atoms with Crippen LogP contribution >= 0.6 is 19.4 Å². The molecule has 2 nitrogen and oxygen atoms in total. The molecule has 0 spiro atoms. The van der Waals surface area contributed by atoms with Gasteiger partial charge in [-0.15, -0.1) is 0 Å². The van der Waals surface area contributed by atoms with Crippen LogP contribution in [0, 0.1) is 5.41 Å². The van der Waals surface area contributed by atoms with Crippen molar-refractivity contribution in [3.63, 3.8) is 0 Å². The number of nitrogens with zero attached hydrogens (tertiary/aromatic N) is 1. The monoisotopic (exact) mass is 578 g/mol. The van der Waals surface area contributed by atoms with Gasteiger partial charge >= 0.3 is 213 Å². The summed E-state index contributed by atoms with van der Waals surface area (Å²) in [6.07, 6.45) is 3.12. The molecule has 2 aromatic carbocycles. The average molecular weight is 579 g/mol. The van der Waals surface area contributed by atoms with Crippen LogP contribution in [0.1, 0.15) is 90.1 Å². The number of halogens is 2. The average Bonchev–Trinajstić information content (AvgIpc) is 2.91. The van der Waals surface area contributed by atoms with Crippen molar-refractivity contribution >= 4 is 24.0 Å². The molecule has 5 heteroatoms. The van der Waals surface area contributed by atoms with Crippen molar-refractivity contribution in [1.82, 2.24) is 3.64 Å². The summed E-state index contributed by atoms with van der Waals surface area (Å²) in [5.41, 5.74) is 5.15. The van der Waals surface area contributed by atoms with Crippen LogP contribution < -0.4 is 4.74 Å². The molecule has 0 amide bonds. The fraction of sp³-hybridized carbons (Fsp3) is 0.536. The van der Waals surface area contributed by atoms with Gasteiger partial charge in [-0.05, 0) is 0 Å². The summed E-state index contributed by atoms with van der Waals surface area (Å²) in [7, 11) is 15.0. The third kappa shape index (κ3) is 5.58. The molecule has 1 atom stereocenters. The minimum atomic E-state index is -3.48. The first-order valence-electron chi connectivity index (χ1n) is 12.0. The zero-order chi connectivity index (χ0) is 24.6. The molecular weight excluding hydrogens is 538 g/mol. The third-order valence-electron chi connectivity index (χ3n) is 6.48. The molecule has 0 bridgehead atoms. The van der Waals surface area contributed by atoms with Crippen LogP contribution in [0.2, 0.25) is 0 Å². The SMILES string of the molecule is CCc1cccc(CC)c1C1[N]([Ru]([Cl])([Cl])=[CH]c2ccccc2OC(C)C)C(C)(C)CC1(C)C. The second-order valence-electron chi connectivity index (χ2n) is 10.6. The van der Waals surface area contributed by atoms with Crippen LogP contribution in [0.15, 0.2) is 42.5 Å². The topological polar surface area (TPSA) is 12.5 Å². The van der Waals surface area contributed by atoms with Crippen LogP contribution in [0.5, 0.6) is 5.75 Å². The second-order valence-corrected chi connectivity index (χ2v) is 19.6. The zero-order valence-corrected chi connectivity index (χ0v) is 24.6. The van der Waals surface area contributed by atoms with Gasteiger partial charge in [0, 0.05) is 0 Å². The Balaban J connectivity index is 2.25. The Kier molecular flexibility index (Phi) is 8.22. The van der Waals surface area contributed by atoms with E-state index in [1.807, 2.05) is 32.0 Å². The normalized spacial score (nSPS) is 20.8. The van der Waals surface area contributed by atoms with Crippen molar-refractivity contribution in [2.75, 3.05) is 0 Å². The van der Waals surface area contributed by atoms with Crippen LogP contribution in [0.4, 0.5) is 0 Å². The molecule has 1 heterocycles. The number of hydrogen-bond donors (Lipinski definition) is 0. The number of aryl methyl sites for hydroxylation is 2. The van der Waals surface area contributed by atoms with Gasteiger partial charge in [0.2, 0.25) is 0 Å². The predicted molar refractivity (Wildman–Crippen MR) is 141 cm³/mol. The van der Waals surface area contributed by atoms with Crippen LogP contribution in [-0.4, -0.2) is 19.9 Å². The van der Waals surface area contributed by atoms with Crippen molar-refractivity contribution in [3.05, 3.63) is 64.7 Å². The zero-order valence-electron chi connectivity index (χ0n) is 21.4. The van der Waals surface area contributed by atoms with Gasteiger partial charge in [0.15, 0.2) is 0 Å². The molecule has 33 heavy (non-hydrogen) atoms. The molecular formula is C28H40Cl2NORu. The summed E-state index contributed by atoms with van der Waals surface area (Å²) in [6, 6.07) is 15.0. The summed E-state index contributed by atoms with van der Waals surface area (Å²) < 4.78 is 10.7. The van der Waals surface area contributed by atoms with E-state index in [-0.39, 0.29) is 23.1 Å². The van der Waals surface area contributed by atoms with Gasteiger partial charge in [0.05, 0.1) is 0 Å². The molecule has 0 aromatic heterocycles. The van der Waals surface area contributed by atoms with Gasteiger partial charge in [0.1, 0.15) is 0 Å². The van der Waals surface area contributed by atoms with E-state index in [9.17, 15) is 0 Å².